The summed E-state index contributed by atoms with van der Waals surface area (Å²) in [5.74, 6) is 0.701. The van der Waals surface area contributed by atoms with E-state index in [0.29, 0.717) is 5.82 Å². The summed E-state index contributed by atoms with van der Waals surface area (Å²) in [6.07, 6.45) is 2.66. The lowest BCUT2D eigenvalue weighted by atomic mass is 10.1. The van der Waals surface area contributed by atoms with E-state index >= 15 is 0 Å². The zero-order valence-corrected chi connectivity index (χ0v) is 8.51. The molecule has 0 aliphatic carbocycles. The van der Waals surface area contributed by atoms with Gasteiger partial charge in [-0.05, 0) is 25.5 Å². The quantitative estimate of drug-likeness (QED) is 0.804. The van der Waals surface area contributed by atoms with Crippen molar-refractivity contribution < 1.29 is 9.63 Å². The summed E-state index contributed by atoms with van der Waals surface area (Å²) in [5.41, 5.74) is 1.83. The van der Waals surface area contributed by atoms with Crippen molar-refractivity contribution in [2.45, 2.75) is 20.0 Å². The van der Waals surface area contributed by atoms with E-state index in [-0.39, 0.29) is 5.89 Å². The molecule has 1 N–H and O–H groups in total. The van der Waals surface area contributed by atoms with Gasteiger partial charge in [0.1, 0.15) is 6.10 Å². The molecule has 0 saturated carbocycles. The minimum absolute atomic E-state index is 0.223. The van der Waals surface area contributed by atoms with Crippen LogP contribution in [0.4, 0.5) is 0 Å². The Morgan fingerprint density at radius 2 is 2.27 bits per heavy atom. The molecule has 0 aliphatic rings. The smallest absolute Gasteiger partial charge is 0.255 e. The molecule has 0 aromatic carbocycles. The Balaban J connectivity index is 2.42. The third kappa shape index (κ3) is 1.87. The molecule has 0 bridgehead atoms. The number of rotatable bonds is 2. The van der Waals surface area contributed by atoms with Crippen molar-refractivity contribution in [3.8, 4) is 11.4 Å². The highest BCUT2D eigenvalue weighted by molar-refractivity contribution is 5.57. The molecule has 0 amide bonds. The zero-order chi connectivity index (χ0) is 10.8. The molecular formula is C10H11N3O2. The van der Waals surface area contributed by atoms with Crippen molar-refractivity contribution in [2.24, 2.45) is 0 Å². The lowest BCUT2D eigenvalue weighted by Gasteiger charge is -1.97. The van der Waals surface area contributed by atoms with E-state index < -0.39 is 6.10 Å². The maximum atomic E-state index is 9.24. The fourth-order valence-electron chi connectivity index (χ4n) is 1.24. The minimum Gasteiger partial charge on any atom is -0.384 e. The number of aryl methyl sites for hydroxylation is 1. The van der Waals surface area contributed by atoms with Gasteiger partial charge in [-0.25, -0.2) is 0 Å². The lowest BCUT2D eigenvalue weighted by Crippen LogP contribution is -1.91. The molecular weight excluding hydrogens is 194 g/mol. The molecule has 0 fully saturated rings. The highest BCUT2D eigenvalue weighted by atomic mass is 16.5. The van der Waals surface area contributed by atoms with Gasteiger partial charge in [0.15, 0.2) is 0 Å². The van der Waals surface area contributed by atoms with Gasteiger partial charge in [0.25, 0.3) is 5.89 Å². The monoisotopic (exact) mass is 205 g/mol. The molecule has 0 saturated heterocycles. The van der Waals surface area contributed by atoms with Gasteiger partial charge >= 0.3 is 0 Å². The summed E-state index contributed by atoms with van der Waals surface area (Å²) >= 11 is 0. The van der Waals surface area contributed by atoms with E-state index in [9.17, 15) is 5.11 Å². The molecule has 15 heavy (non-hydrogen) atoms. The highest BCUT2D eigenvalue weighted by Gasteiger charge is 2.13. The largest absolute Gasteiger partial charge is 0.384 e. The van der Waals surface area contributed by atoms with Gasteiger partial charge in [-0.15, -0.1) is 0 Å². The number of pyridine rings is 1. The average molecular weight is 205 g/mol. The predicted molar refractivity (Wildman–Crippen MR) is 52.9 cm³/mol. The van der Waals surface area contributed by atoms with Gasteiger partial charge in [-0.3, -0.25) is 4.98 Å². The van der Waals surface area contributed by atoms with Crippen LogP contribution >= 0.6 is 0 Å². The van der Waals surface area contributed by atoms with Crippen molar-refractivity contribution in [1.29, 1.82) is 0 Å². The normalized spacial score (nSPS) is 12.7. The number of aliphatic hydroxyl groups is 1. The van der Waals surface area contributed by atoms with Crippen LogP contribution in [0.2, 0.25) is 0 Å². The molecule has 0 spiro atoms. The van der Waals surface area contributed by atoms with Crippen molar-refractivity contribution in [3.63, 3.8) is 0 Å². The molecule has 2 aromatic rings. The molecule has 2 heterocycles. The van der Waals surface area contributed by atoms with E-state index in [2.05, 4.69) is 15.1 Å². The maximum Gasteiger partial charge on any atom is 0.255 e. The van der Waals surface area contributed by atoms with Crippen LogP contribution in [0.25, 0.3) is 11.4 Å². The second kappa shape index (κ2) is 3.78. The van der Waals surface area contributed by atoms with E-state index in [0.717, 1.165) is 11.1 Å². The van der Waals surface area contributed by atoms with Crippen molar-refractivity contribution in [2.75, 3.05) is 0 Å². The summed E-state index contributed by atoms with van der Waals surface area (Å²) in [6.45, 7) is 3.50. The van der Waals surface area contributed by atoms with Crippen LogP contribution in [-0.2, 0) is 0 Å². The zero-order valence-electron chi connectivity index (χ0n) is 8.51. The van der Waals surface area contributed by atoms with Gasteiger partial charge in [-0.1, -0.05) is 5.16 Å². The second-order valence-electron chi connectivity index (χ2n) is 3.32. The second-order valence-corrected chi connectivity index (χ2v) is 3.32. The van der Waals surface area contributed by atoms with E-state index in [4.69, 9.17) is 4.52 Å². The summed E-state index contributed by atoms with van der Waals surface area (Å²) < 4.78 is 4.90. The maximum absolute atomic E-state index is 9.24. The molecule has 2 rings (SSSR count). The number of nitrogens with zero attached hydrogens (tertiary/aromatic N) is 3. The van der Waals surface area contributed by atoms with Crippen molar-refractivity contribution in [3.05, 3.63) is 29.9 Å². The van der Waals surface area contributed by atoms with Crippen molar-refractivity contribution >= 4 is 0 Å². The number of hydrogen-bond acceptors (Lipinski definition) is 5. The van der Waals surface area contributed by atoms with Crippen LogP contribution in [-0.4, -0.2) is 20.2 Å². The van der Waals surface area contributed by atoms with Gasteiger partial charge in [0, 0.05) is 18.0 Å². The third-order valence-electron chi connectivity index (χ3n) is 2.06. The first kappa shape index (κ1) is 9.79. The molecule has 0 radical (unpaired) electrons. The first-order valence-corrected chi connectivity index (χ1v) is 4.61. The van der Waals surface area contributed by atoms with E-state index in [1.165, 1.54) is 0 Å². The number of aliphatic hydroxyl groups excluding tert-OH is 1. The predicted octanol–water partition coefficient (Wildman–Crippen LogP) is 1.49. The molecule has 0 aliphatic heterocycles. The first-order chi connectivity index (χ1) is 7.18. The summed E-state index contributed by atoms with van der Waals surface area (Å²) in [5, 5.41) is 13.0. The van der Waals surface area contributed by atoms with Crippen LogP contribution < -0.4 is 0 Å². The fourth-order valence-corrected chi connectivity index (χ4v) is 1.24. The van der Waals surface area contributed by atoms with E-state index in [1.807, 2.05) is 13.0 Å². The Bertz CT molecular complexity index is 465. The SMILES string of the molecule is Cc1cnccc1-c1noc([C@H](C)O)n1. The topological polar surface area (TPSA) is 72.0 Å². The molecule has 0 unspecified atom stereocenters. The van der Waals surface area contributed by atoms with Crippen LogP contribution in [0.3, 0.4) is 0 Å². The Morgan fingerprint density at radius 1 is 1.47 bits per heavy atom. The number of hydrogen-bond donors (Lipinski definition) is 1. The van der Waals surface area contributed by atoms with Crippen LogP contribution in [0.15, 0.2) is 23.0 Å². The van der Waals surface area contributed by atoms with Gasteiger partial charge in [0.05, 0.1) is 0 Å². The molecule has 5 heteroatoms. The summed E-state index contributed by atoms with van der Waals surface area (Å²) in [7, 11) is 0. The van der Waals surface area contributed by atoms with Gasteiger partial charge in [0.2, 0.25) is 5.82 Å². The fraction of sp³-hybridized carbons (Fsp3) is 0.300. The Labute approximate surface area is 86.8 Å². The van der Waals surface area contributed by atoms with Crippen LogP contribution in [0, 0.1) is 6.92 Å². The van der Waals surface area contributed by atoms with E-state index in [1.54, 1.807) is 19.3 Å². The lowest BCUT2D eigenvalue weighted by molar-refractivity contribution is 0.152. The molecule has 5 nitrogen and oxygen atoms in total. The molecule has 2 aromatic heterocycles. The first-order valence-electron chi connectivity index (χ1n) is 4.61. The minimum atomic E-state index is -0.742. The molecule has 1 atom stereocenters. The Morgan fingerprint density at radius 3 is 2.87 bits per heavy atom. The Hall–Kier alpha value is -1.75. The highest BCUT2D eigenvalue weighted by Crippen LogP contribution is 2.20. The summed E-state index contributed by atoms with van der Waals surface area (Å²) in [4.78, 5) is 8.06. The van der Waals surface area contributed by atoms with Gasteiger partial charge in [-0.2, -0.15) is 4.98 Å². The number of aromatic nitrogens is 3. The standard InChI is InChI=1S/C10H11N3O2/c1-6-5-11-4-3-8(6)9-12-10(7(2)14)15-13-9/h3-5,7,14H,1-2H3/t7-/m0/s1. The van der Waals surface area contributed by atoms with Crippen LogP contribution in [0.1, 0.15) is 24.5 Å². The summed E-state index contributed by atoms with van der Waals surface area (Å²) in [6, 6.07) is 1.81. The van der Waals surface area contributed by atoms with Gasteiger partial charge < -0.3 is 9.63 Å². The van der Waals surface area contributed by atoms with Crippen molar-refractivity contribution in [1.82, 2.24) is 15.1 Å². The average Bonchev–Trinajstić information content (AvgIpc) is 2.67. The molecule has 78 valence electrons. The Kier molecular flexibility index (Phi) is 2.47. The third-order valence-corrected chi connectivity index (χ3v) is 2.06. The van der Waals surface area contributed by atoms with Crippen LogP contribution in [0.5, 0.6) is 0 Å².